The standard InChI is InChI=1S/C18H20F3N7O2/c1-12-10-14(18(19,20)21)26-15-13(11-25-28(12)15)29-8-9-30-17-16(23-2-3-24-17)27-6-4-22-5-7-27/h2-3,10-11,22H,4-9H2,1H3. The molecule has 160 valence electrons. The van der Waals surface area contributed by atoms with Gasteiger partial charge < -0.3 is 19.7 Å². The van der Waals surface area contributed by atoms with E-state index in [9.17, 15) is 13.2 Å². The molecule has 9 nitrogen and oxygen atoms in total. The van der Waals surface area contributed by atoms with E-state index >= 15 is 0 Å². The maximum atomic E-state index is 13.0. The molecule has 3 aromatic rings. The predicted molar refractivity (Wildman–Crippen MR) is 101 cm³/mol. The van der Waals surface area contributed by atoms with Crippen LogP contribution in [-0.2, 0) is 6.18 Å². The number of rotatable bonds is 6. The Kier molecular flexibility index (Phi) is 5.57. The zero-order valence-electron chi connectivity index (χ0n) is 16.2. The van der Waals surface area contributed by atoms with Gasteiger partial charge in [-0.05, 0) is 13.0 Å². The lowest BCUT2D eigenvalue weighted by Crippen LogP contribution is -2.44. The summed E-state index contributed by atoms with van der Waals surface area (Å²) in [6.45, 7) is 5.01. The van der Waals surface area contributed by atoms with Gasteiger partial charge in [0.25, 0.3) is 5.88 Å². The molecule has 3 aromatic heterocycles. The minimum atomic E-state index is -4.55. The van der Waals surface area contributed by atoms with Gasteiger partial charge in [-0.1, -0.05) is 0 Å². The fraction of sp³-hybridized carbons (Fsp3) is 0.444. The second kappa shape index (κ2) is 8.30. The zero-order valence-corrected chi connectivity index (χ0v) is 16.2. The Morgan fingerprint density at radius 2 is 1.83 bits per heavy atom. The van der Waals surface area contributed by atoms with Crippen molar-refractivity contribution in [3.8, 4) is 11.6 Å². The zero-order chi connectivity index (χ0) is 21.1. The maximum absolute atomic E-state index is 13.0. The quantitative estimate of drug-likeness (QED) is 0.600. The summed E-state index contributed by atoms with van der Waals surface area (Å²) < 4.78 is 51.7. The third-order valence-corrected chi connectivity index (χ3v) is 4.55. The Balaban J connectivity index is 1.42. The number of fused-ring (bicyclic) bond motifs is 1. The number of aryl methyl sites for hydroxylation is 1. The number of ether oxygens (including phenoxy) is 2. The molecule has 0 aromatic carbocycles. The lowest BCUT2D eigenvalue weighted by Gasteiger charge is -2.28. The number of piperazine rings is 1. The highest BCUT2D eigenvalue weighted by molar-refractivity contribution is 5.53. The van der Waals surface area contributed by atoms with E-state index in [4.69, 9.17) is 9.47 Å². The molecule has 0 amide bonds. The summed E-state index contributed by atoms with van der Waals surface area (Å²) in [4.78, 5) is 14.3. The normalized spacial score (nSPS) is 14.9. The van der Waals surface area contributed by atoms with Gasteiger partial charge in [0.2, 0.25) is 0 Å². The maximum Gasteiger partial charge on any atom is 0.433 e. The summed E-state index contributed by atoms with van der Waals surface area (Å²) in [5.74, 6) is 1.19. The Hall–Kier alpha value is -3.15. The summed E-state index contributed by atoms with van der Waals surface area (Å²) in [7, 11) is 0. The minimum Gasteiger partial charge on any atom is -0.484 e. The summed E-state index contributed by atoms with van der Waals surface area (Å²) in [5, 5.41) is 7.31. The van der Waals surface area contributed by atoms with Crippen LogP contribution in [-0.4, -0.2) is 64.0 Å². The molecule has 0 unspecified atom stereocenters. The van der Waals surface area contributed by atoms with Crippen molar-refractivity contribution in [3.05, 3.63) is 36.0 Å². The average molecular weight is 423 g/mol. The molecular formula is C18H20F3N7O2. The number of nitrogens with zero attached hydrogens (tertiary/aromatic N) is 6. The van der Waals surface area contributed by atoms with Crippen molar-refractivity contribution in [2.24, 2.45) is 0 Å². The van der Waals surface area contributed by atoms with Gasteiger partial charge in [-0.3, -0.25) is 0 Å². The molecule has 0 spiro atoms. The van der Waals surface area contributed by atoms with Crippen LogP contribution in [0.15, 0.2) is 24.7 Å². The topological polar surface area (TPSA) is 89.7 Å². The molecule has 12 heteroatoms. The second-order valence-electron chi connectivity index (χ2n) is 6.64. The fourth-order valence-electron chi connectivity index (χ4n) is 3.14. The lowest BCUT2D eigenvalue weighted by molar-refractivity contribution is -0.141. The fourth-order valence-corrected chi connectivity index (χ4v) is 3.14. The third kappa shape index (κ3) is 4.22. The molecule has 0 atom stereocenters. The van der Waals surface area contributed by atoms with Gasteiger partial charge in [-0.2, -0.15) is 18.3 Å². The molecule has 4 heterocycles. The largest absolute Gasteiger partial charge is 0.484 e. The van der Waals surface area contributed by atoms with Crippen LogP contribution in [0.5, 0.6) is 11.6 Å². The van der Waals surface area contributed by atoms with Gasteiger partial charge in [0.1, 0.15) is 18.9 Å². The molecule has 1 aliphatic heterocycles. The van der Waals surface area contributed by atoms with Gasteiger partial charge in [0.15, 0.2) is 17.2 Å². The second-order valence-corrected chi connectivity index (χ2v) is 6.64. The number of halogens is 3. The Morgan fingerprint density at radius 1 is 1.10 bits per heavy atom. The van der Waals surface area contributed by atoms with Crippen LogP contribution in [0.4, 0.5) is 19.0 Å². The van der Waals surface area contributed by atoms with Crippen LogP contribution < -0.4 is 19.7 Å². The van der Waals surface area contributed by atoms with E-state index in [0.717, 1.165) is 32.2 Å². The Bertz CT molecular complexity index is 1020. The van der Waals surface area contributed by atoms with E-state index in [2.05, 4.69) is 30.3 Å². The summed E-state index contributed by atoms with van der Waals surface area (Å²) in [6.07, 6.45) is -0.0715. The van der Waals surface area contributed by atoms with E-state index in [0.29, 0.717) is 17.4 Å². The third-order valence-electron chi connectivity index (χ3n) is 4.55. The van der Waals surface area contributed by atoms with Crippen LogP contribution in [0.2, 0.25) is 0 Å². The van der Waals surface area contributed by atoms with Crippen molar-refractivity contribution in [1.29, 1.82) is 0 Å². The molecule has 1 N–H and O–H groups in total. The van der Waals surface area contributed by atoms with Gasteiger partial charge in [-0.25, -0.2) is 19.5 Å². The Labute approximate surface area is 169 Å². The van der Waals surface area contributed by atoms with Crippen LogP contribution in [0.3, 0.4) is 0 Å². The first-order chi connectivity index (χ1) is 14.4. The minimum absolute atomic E-state index is 0.00309. The van der Waals surface area contributed by atoms with Gasteiger partial charge >= 0.3 is 6.18 Å². The van der Waals surface area contributed by atoms with Crippen molar-refractivity contribution in [3.63, 3.8) is 0 Å². The first kappa shape index (κ1) is 20.1. The summed E-state index contributed by atoms with van der Waals surface area (Å²) >= 11 is 0. The van der Waals surface area contributed by atoms with Crippen molar-refractivity contribution in [2.75, 3.05) is 44.3 Å². The predicted octanol–water partition coefficient (Wildman–Crippen LogP) is 1.71. The number of alkyl halides is 3. The molecule has 1 aliphatic rings. The molecule has 30 heavy (non-hydrogen) atoms. The monoisotopic (exact) mass is 423 g/mol. The molecule has 0 aliphatic carbocycles. The Morgan fingerprint density at radius 3 is 2.60 bits per heavy atom. The SMILES string of the molecule is Cc1cc(C(F)(F)F)nc2c(OCCOc3nccnc3N3CCNCC3)cnn12. The molecule has 0 bridgehead atoms. The number of anilines is 1. The van der Waals surface area contributed by atoms with E-state index in [1.807, 2.05) is 0 Å². The van der Waals surface area contributed by atoms with Crippen molar-refractivity contribution in [2.45, 2.75) is 13.1 Å². The van der Waals surface area contributed by atoms with E-state index < -0.39 is 11.9 Å². The van der Waals surface area contributed by atoms with Gasteiger partial charge in [-0.15, -0.1) is 0 Å². The highest BCUT2D eigenvalue weighted by Crippen LogP contribution is 2.30. The van der Waals surface area contributed by atoms with Crippen molar-refractivity contribution in [1.82, 2.24) is 29.9 Å². The summed E-state index contributed by atoms with van der Waals surface area (Å²) in [5.41, 5.74) is -0.684. The number of aromatic nitrogens is 5. The molecule has 0 saturated carbocycles. The van der Waals surface area contributed by atoms with E-state index in [1.165, 1.54) is 17.6 Å². The van der Waals surface area contributed by atoms with Crippen LogP contribution >= 0.6 is 0 Å². The van der Waals surface area contributed by atoms with Crippen molar-refractivity contribution >= 4 is 11.5 Å². The first-order valence-electron chi connectivity index (χ1n) is 9.38. The number of nitrogens with one attached hydrogen (secondary N) is 1. The molecule has 1 fully saturated rings. The van der Waals surface area contributed by atoms with E-state index in [1.54, 1.807) is 12.4 Å². The molecular weight excluding hydrogens is 403 g/mol. The highest BCUT2D eigenvalue weighted by atomic mass is 19.4. The number of hydrogen-bond acceptors (Lipinski definition) is 8. The molecule has 4 rings (SSSR count). The smallest absolute Gasteiger partial charge is 0.433 e. The average Bonchev–Trinajstić information content (AvgIpc) is 3.15. The first-order valence-corrected chi connectivity index (χ1v) is 9.38. The van der Waals surface area contributed by atoms with E-state index in [-0.39, 0.29) is 24.6 Å². The van der Waals surface area contributed by atoms with Crippen molar-refractivity contribution < 1.29 is 22.6 Å². The molecule has 0 radical (unpaired) electrons. The number of hydrogen-bond donors (Lipinski definition) is 1. The summed E-state index contributed by atoms with van der Waals surface area (Å²) in [6, 6.07) is 0.943. The van der Waals surface area contributed by atoms with Gasteiger partial charge in [0.05, 0.1) is 6.20 Å². The van der Waals surface area contributed by atoms with Crippen LogP contribution in [0.25, 0.3) is 5.65 Å². The van der Waals surface area contributed by atoms with Crippen LogP contribution in [0.1, 0.15) is 11.4 Å². The highest BCUT2D eigenvalue weighted by Gasteiger charge is 2.33. The molecule has 1 saturated heterocycles. The lowest BCUT2D eigenvalue weighted by atomic mass is 10.3. The van der Waals surface area contributed by atoms with Crippen LogP contribution in [0, 0.1) is 6.92 Å². The van der Waals surface area contributed by atoms with Gasteiger partial charge in [0, 0.05) is 44.3 Å².